The Bertz CT molecular complexity index is 1620. The van der Waals surface area contributed by atoms with E-state index in [9.17, 15) is 13.2 Å². The minimum absolute atomic E-state index is 0.0153. The highest BCUT2D eigenvalue weighted by atomic mass is 19.4. The molecule has 1 fully saturated rings. The Morgan fingerprint density at radius 1 is 1.05 bits per heavy atom. The molecule has 5 aromatic rings. The maximum absolute atomic E-state index is 13.1. The summed E-state index contributed by atoms with van der Waals surface area (Å²) in [5.74, 6) is 1.20. The molecule has 13 heteroatoms. The summed E-state index contributed by atoms with van der Waals surface area (Å²) in [6.45, 7) is 0. The molecular weight excluding hydrogens is 501 g/mol. The highest BCUT2D eigenvalue weighted by Gasteiger charge is 2.35. The Balaban J connectivity index is 1.31. The van der Waals surface area contributed by atoms with Crippen LogP contribution in [0.3, 0.4) is 0 Å². The topological polar surface area (TPSA) is 117 Å². The van der Waals surface area contributed by atoms with Crippen LogP contribution in [0.25, 0.3) is 28.1 Å². The number of nitrogens with one attached hydrogen (secondary N) is 1. The lowest BCUT2D eigenvalue weighted by Crippen LogP contribution is -2.07. The molecule has 0 saturated heterocycles. The average molecular weight is 522 g/mol. The lowest BCUT2D eigenvalue weighted by atomic mass is 10.1. The van der Waals surface area contributed by atoms with Crippen LogP contribution in [-0.2, 0) is 12.6 Å². The molecule has 10 nitrogen and oxygen atoms in total. The van der Waals surface area contributed by atoms with Crippen LogP contribution in [0.2, 0.25) is 0 Å². The number of hydrogen-bond donors (Lipinski definition) is 1. The van der Waals surface area contributed by atoms with Crippen molar-refractivity contribution < 1.29 is 22.6 Å². The number of aromatic nitrogens is 8. The predicted molar refractivity (Wildman–Crippen MR) is 129 cm³/mol. The second-order valence-electron chi connectivity index (χ2n) is 8.87. The van der Waals surface area contributed by atoms with Gasteiger partial charge in [0.15, 0.2) is 11.5 Å². The Kier molecular flexibility index (Phi) is 5.69. The quantitative estimate of drug-likeness (QED) is 0.332. The molecule has 0 radical (unpaired) electrons. The van der Waals surface area contributed by atoms with Gasteiger partial charge in [0, 0.05) is 18.4 Å². The van der Waals surface area contributed by atoms with Crippen molar-refractivity contribution in [1.29, 1.82) is 0 Å². The third-order valence-corrected chi connectivity index (χ3v) is 6.32. The van der Waals surface area contributed by atoms with E-state index in [4.69, 9.17) is 14.5 Å². The molecule has 1 aromatic carbocycles. The molecule has 194 valence electrons. The normalized spacial score (nSPS) is 13.7. The maximum atomic E-state index is 13.1. The van der Waals surface area contributed by atoms with Crippen LogP contribution in [0.5, 0.6) is 11.8 Å². The molecule has 4 aromatic heterocycles. The fraction of sp³-hybridized carbons (Fsp3) is 0.280. The highest BCUT2D eigenvalue weighted by molar-refractivity contribution is 5.79. The van der Waals surface area contributed by atoms with Crippen molar-refractivity contribution in [2.75, 3.05) is 14.2 Å². The summed E-state index contributed by atoms with van der Waals surface area (Å²) in [7, 11) is 2.85. The van der Waals surface area contributed by atoms with Crippen LogP contribution >= 0.6 is 0 Å². The average Bonchev–Trinajstić information content (AvgIpc) is 3.55. The number of benzene rings is 1. The number of aromatic amines is 1. The van der Waals surface area contributed by atoms with E-state index in [0.717, 1.165) is 34.8 Å². The van der Waals surface area contributed by atoms with Crippen LogP contribution in [-0.4, -0.2) is 54.1 Å². The van der Waals surface area contributed by atoms with Gasteiger partial charge < -0.3 is 9.47 Å². The van der Waals surface area contributed by atoms with E-state index in [-0.39, 0.29) is 5.88 Å². The lowest BCUT2D eigenvalue weighted by Gasteiger charge is -2.10. The van der Waals surface area contributed by atoms with Gasteiger partial charge >= 0.3 is 6.18 Å². The van der Waals surface area contributed by atoms with Crippen LogP contribution in [0, 0.1) is 0 Å². The minimum atomic E-state index is -4.57. The third-order valence-electron chi connectivity index (χ3n) is 6.32. The zero-order valence-corrected chi connectivity index (χ0v) is 20.3. The summed E-state index contributed by atoms with van der Waals surface area (Å²) in [5.41, 5.74) is 3.85. The molecule has 1 aliphatic rings. The summed E-state index contributed by atoms with van der Waals surface area (Å²) >= 11 is 0. The van der Waals surface area contributed by atoms with E-state index >= 15 is 0 Å². The largest absolute Gasteiger partial charge is 0.481 e. The van der Waals surface area contributed by atoms with Gasteiger partial charge in [0.05, 0.1) is 37.5 Å². The molecule has 1 N–H and O–H groups in total. The van der Waals surface area contributed by atoms with Crippen molar-refractivity contribution in [2.24, 2.45) is 0 Å². The standard InChI is InChI=1S/C25H21F3N8O2/c1-37-19-10-18(25(26,27)28)35-36(19)15-7-3-13(4-8-15)9-16-22-17(34-33-16)11-29-23(32-22)20-21(14-5-6-14)30-12-31-24(20)38-2/h3-4,7-8,10-12,14H,5-6,9H2,1-2H3,(H,33,34). The predicted octanol–water partition coefficient (Wildman–Crippen LogP) is 4.50. The number of ether oxygens (including phenoxy) is 2. The minimum Gasteiger partial charge on any atom is -0.481 e. The van der Waals surface area contributed by atoms with Crippen molar-refractivity contribution in [3.05, 3.63) is 65.5 Å². The molecule has 0 aliphatic heterocycles. The summed E-state index contributed by atoms with van der Waals surface area (Å²) < 4.78 is 51.0. The molecule has 1 aliphatic carbocycles. The first-order chi connectivity index (χ1) is 18.4. The number of halogens is 3. The van der Waals surface area contributed by atoms with E-state index in [0.29, 0.717) is 52.0 Å². The van der Waals surface area contributed by atoms with Crippen molar-refractivity contribution in [1.82, 2.24) is 39.9 Å². The molecule has 4 heterocycles. The van der Waals surface area contributed by atoms with E-state index in [1.165, 1.54) is 13.4 Å². The number of alkyl halides is 3. The Hall–Kier alpha value is -4.55. The highest BCUT2D eigenvalue weighted by Crippen LogP contribution is 2.45. The van der Waals surface area contributed by atoms with Crippen LogP contribution < -0.4 is 9.47 Å². The van der Waals surface area contributed by atoms with E-state index in [1.54, 1.807) is 37.6 Å². The third kappa shape index (κ3) is 4.29. The number of methoxy groups -OCH3 is 2. The summed E-state index contributed by atoms with van der Waals surface area (Å²) in [6, 6.07) is 7.81. The van der Waals surface area contributed by atoms with Crippen molar-refractivity contribution in [3.63, 3.8) is 0 Å². The van der Waals surface area contributed by atoms with Gasteiger partial charge in [-0.3, -0.25) is 5.10 Å². The SMILES string of the molecule is COc1ncnc(C2CC2)c1-c1ncc2[nH]nc(Cc3ccc(-n4nc(C(F)(F)F)cc4OC)cc3)c2n1. The Morgan fingerprint density at radius 3 is 2.53 bits per heavy atom. The van der Waals surface area contributed by atoms with Gasteiger partial charge in [-0.25, -0.2) is 24.6 Å². The molecule has 1 saturated carbocycles. The van der Waals surface area contributed by atoms with Gasteiger partial charge in [-0.1, -0.05) is 12.1 Å². The molecule has 0 amide bonds. The van der Waals surface area contributed by atoms with E-state index in [2.05, 4.69) is 30.2 Å². The first-order valence-corrected chi connectivity index (χ1v) is 11.8. The summed E-state index contributed by atoms with van der Waals surface area (Å²) in [5, 5.41) is 11.0. The van der Waals surface area contributed by atoms with Crippen LogP contribution in [0.4, 0.5) is 13.2 Å². The molecule has 0 atom stereocenters. The van der Waals surface area contributed by atoms with Crippen LogP contribution in [0.1, 0.15) is 41.4 Å². The number of fused-ring (bicyclic) bond motifs is 1. The smallest absolute Gasteiger partial charge is 0.435 e. The van der Waals surface area contributed by atoms with E-state index < -0.39 is 11.9 Å². The van der Waals surface area contributed by atoms with Gasteiger partial charge in [0.1, 0.15) is 22.9 Å². The molecule has 0 spiro atoms. The second-order valence-corrected chi connectivity index (χ2v) is 8.87. The van der Waals surface area contributed by atoms with E-state index in [1.807, 2.05) is 0 Å². The maximum Gasteiger partial charge on any atom is 0.435 e. The number of rotatable bonds is 7. The fourth-order valence-electron chi connectivity index (χ4n) is 4.30. The van der Waals surface area contributed by atoms with Gasteiger partial charge in [0.25, 0.3) is 0 Å². The van der Waals surface area contributed by atoms with Crippen molar-refractivity contribution in [3.8, 4) is 28.8 Å². The Morgan fingerprint density at radius 2 is 1.84 bits per heavy atom. The summed E-state index contributed by atoms with van der Waals surface area (Å²) in [4.78, 5) is 18.0. The van der Waals surface area contributed by atoms with Gasteiger partial charge in [-0.05, 0) is 30.5 Å². The van der Waals surface area contributed by atoms with Gasteiger partial charge in [-0.2, -0.15) is 23.4 Å². The fourth-order valence-corrected chi connectivity index (χ4v) is 4.30. The molecular formula is C25H21F3N8O2. The lowest BCUT2D eigenvalue weighted by molar-refractivity contribution is -0.141. The number of H-pyrrole nitrogens is 1. The second kappa shape index (κ2) is 9.08. The summed E-state index contributed by atoms with van der Waals surface area (Å²) in [6.07, 6.45) is 1.11. The zero-order chi connectivity index (χ0) is 26.4. The first kappa shape index (κ1) is 23.8. The monoisotopic (exact) mass is 522 g/mol. The first-order valence-electron chi connectivity index (χ1n) is 11.8. The van der Waals surface area contributed by atoms with Crippen molar-refractivity contribution in [2.45, 2.75) is 31.4 Å². The van der Waals surface area contributed by atoms with Gasteiger partial charge in [-0.15, -0.1) is 0 Å². The van der Waals surface area contributed by atoms with Crippen LogP contribution in [0.15, 0.2) is 42.9 Å². The molecule has 0 unspecified atom stereocenters. The van der Waals surface area contributed by atoms with Gasteiger partial charge in [0.2, 0.25) is 11.8 Å². The van der Waals surface area contributed by atoms with Crippen molar-refractivity contribution >= 4 is 11.0 Å². The number of nitrogens with zero attached hydrogens (tertiary/aromatic N) is 7. The molecule has 6 rings (SSSR count). The molecule has 0 bridgehead atoms. The zero-order valence-electron chi connectivity index (χ0n) is 20.3. The number of hydrogen-bond acceptors (Lipinski definition) is 8. The molecule has 38 heavy (non-hydrogen) atoms. The Labute approximate surface area is 213 Å².